The first kappa shape index (κ1) is 124. The summed E-state index contributed by atoms with van der Waals surface area (Å²) in [7, 11) is -1.01. The van der Waals surface area contributed by atoms with Gasteiger partial charge in [0.1, 0.15) is 13.2 Å². The standard InChI is InChI=1S/C12H19NO2.C11H17NO2.C11H11NO2.C11H15N.C8H13NO2.C8H15NO.C7H14N2O.C7H11NO3.C7H11NO2.C7H9NO2.C7H13NO.C7H11N.C6H13NO2S/c1-9(2)13-10(14)7-12(8-11(13)15)5-3-4-6-12;2*1-7(2)12-10(13)8-5-3-4-6-9(8)11(12)14;1-9(2)12-8-7-10-5-3-4-6-11(10)12;1-6(2)9-7(10)4-3-5-8(9)11;1-6(2)9-7(3)4-5-8(9)10;1-6(2)9-5-4-8(3)7(9)10;1-5(2)8-6(9)3-11-4-7(8)10;2*1-5(2)8-6(9)3-4-7(8)10;1-6(2)8-5-3-4-7(8)9;1-7(2)8-5-3-4-6-8;1-6(2)7-4-3-5-10(7,8)9/h9H,3-8H2,1-2H3;7-9H,3-6H2,1-2H3;3-7H,1-2H3;3-6,9H,7-8H2,1-2H3;6H,3-5H2,1-2H3;6-7H,4-5H2,1-3H3;6H,4-5H2,1-3H3;5H,3-4H2,1-2H3;5H,3-4H2,1-2H3;3-5H,1-2H3;6H,3-5H2,1-2H3;3-7H,1-2H3;6H,3-5H2,1-2H3. The van der Waals surface area contributed by atoms with Gasteiger partial charge in [-0.1, -0.05) is 56.0 Å². The number of nitrogens with zero attached hydrogens (tertiary/aromatic N) is 14. The minimum absolute atomic E-state index is 0.0126. The Labute approximate surface area is 858 Å². The number of urea groups is 1. The number of hydrogen-bond acceptors (Lipinski definition) is 21. The molecule has 13 heterocycles. The van der Waals surface area contributed by atoms with Crippen molar-refractivity contribution in [1.82, 2.24) is 62.8 Å². The molecule has 3 unspecified atom stereocenters. The van der Waals surface area contributed by atoms with Crippen LogP contribution in [0.4, 0.5) is 10.5 Å². The highest BCUT2D eigenvalue weighted by Gasteiger charge is 2.50. The molecule has 12 aliphatic heterocycles. The SMILES string of the molecule is CC(C)N1C(=O)C2CCCCC2C1=O.CC(C)N1C(=O)C=CC1=O.CC(C)N1C(=O)CC2(CCCC2)CC1=O.CC(C)N1C(=O)CCC1=O.CC(C)N1C(=O)CCC1C.CC(C)N1C(=O)CCCC1=O.CC(C)N1C(=O)COCC1=O.CC(C)N1C(=O)c2ccccc2C1=O.CC(C)N1CCCC1=O.CC(C)N1CCCS1(=O)=O.CC(C)N1CCN(C)C1=O.CC(C)N1CCc2ccccc21.CC(C)n1cccc1. The largest absolute Gasteiger partial charge is 0.369 e. The second-order valence-corrected chi connectivity index (χ2v) is 44.5. The molecule has 3 aromatic rings. The number of hydrogen-bond donors (Lipinski definition) is 0. The average molecular weight is 2030 g/mol. The molecular weight excluding hydrogens is 1860 g/mol. The van der Waals surface area contributed by atoms with Gasteiger partial charge in [0.15, 0.2) is 0 Å². The van der Waals surface area contributed by atoms with E-state index in [2.05, 4.69) is 108 Å². The van der Waals surface area contributed by atoms with Gasteiger partial charge < -0.3 is 33.8 Å². The van der Waals surface area contributed by atoms with Crippen LogP contribution in [0.3, 0.4) is 0 Å². The fourth-order valence-corrected chi connectivity index (χ4v) is 21.6. The van der Waals surface area contributed by atoms with Gasteiger partial charge in [-0.15, -0.1) is 0 Å². The first-order valence-corrected chi connectivity index (χ1v) is 54.0. The van der Waals surface area contributed by atoms with Crippen molar-refractivity contribution in [3.63, 3.8) is 0 Å². The topological polar surface area (TPSA) is 381 Å². The molecule has 0 N–H and O–H groups in total. The molecule has 11 fully saturated rings. The molecule has 2 saturated carbocycles. The van der Waals surface area contributed by atoms with Crippen molar-refractivity contribution in [3.8, 4) is 0 Å². The van der Waals surface area contributed by atoms with E-state index in [1.165, 1.54) is 83.5 Å². The number of rotatable bonds is 13. The Hall–Kier alpha value is -10.7. The van der Waals surface area contributed by atoms with E-state index in [1.807, 2.05) is 145 Å². The first-order valence-electron chi connectivity index (χ1n) is 52.4. The van der Waals surface area contributed by atoms with Crippen molar-refractivity contribution < 1.29 is 94.7 Å². The summed E-state index contributed by atoms with van der Waals surface area (Å²) in [5, 5.41) is 0. The quantitative estimate of drug-likeness (QED) is 0.143. The zero-order valence-corrected chi connectivity index (χ0v) is 92.5. The third-order valence-electron chi connectivity index (χ3n) is 27.0. The fourth-order valence-electron chi connectivity index (χ4n) is 19.8. The number of carbonyl (C=O) groups is 17. The highest BCUT2D eigenvalue weighted by Crippen LogP contribution is 2.47. The molecule has 35 heteroatoms. The van der Waals surface area contributed by atoms with E-state index in [0.29, 0.717) is 110 Å². The normalized spacial score (nSPS) is 21.0. The van der Waals surface area contributed by atoms with E-state index in [0.717, 1.165) is 96.7 Å². The van der Waals surface area contributed by atoms with Crippen molar-refractivity contribution in [2.24, 2.45) is 17.3 Å². The summed E-state index contributed by atoms with van der Waals surface area (Å²) >= 11 is 0. The van der Waals surface area contributed by atoms with Crippen LogP contribution in [0.5, 0.6) is 0 Å². The van der Waals surface area contributed by atoms with Gasteiger partial charge in [-0.3, -0.25) is 111 Å². The van der Waals surface area contributed by atoms with Crippen molar-refractivity contribution in [3.05, 3.63) is 102 Å². The summed E-state index contributed by atoms with van der Waals surface area (Å²) in [6.45, 7) is 57.7. The third kappa shape index (κ3) is 35.0. The lowest BCUT2D eigenvalue weighted by molar-refractivity contribution is -0.161. The number of benzene rings is 2. The number of amides is 18. The first-order chi connectivity index (χ1) is 67.4. The molecule has 0 bridgehead atoms. The van der Waals surface area contributed by atoms with Crippen molar-refractivity contribution in [2.75, 3.05) is 63.6 Å². The van der Waals surface area contributed by atoms with Gasteiger partial charge in [0.05, 0.1) is 28.7 Å². The van der Waals surface area contributed by atoms with E-state index in [9.17, 15) is 89.9 Å². The number of piperidine rings is 2. The van der Waals surface area contributed by atoms with E-state index in [-0.39, 0.29) is 168 Å². The molecule has 1 spiro atoms. The molecule has 2 aliphatic carbocycles. The lowest BCUT2D eigenvalue weighted by atomic mass is 9.76. The maximum atomic E-state index is 11.9. The Kier molecular flexibility index (Phi) is 49.9. The van der Waals surface area contributed by atoms with Crippen LogP contribution in [0.2, 0.25) is 0 Å². The van der Waals surface area contributed by atoms with Crippen LogP contribution in [0, 0.1) is 17.3 Å². The third-order valence-corrected chi connectivity index (χ3v) is 29.1. The Morgan fingerprint density at radius 2 is 0.750 bits per heavy atom. The monoisotopic (exact) mass is 2030 g/mol. The highest BCUT2D eigenvalue weighted by atomic mass is 32.2. The summed E-state index contributed by atoms with van der Waals surface area (Å²) in [5.74, 6) is -0.0905. The maximum Gasteiger partial charge on any atom is 0.320 e. The van der Waals surface area contributed by atoms with Crippen molar-refractivity contribution in [2.45, 2.75) is 406 Å². The van der Waals surface area contributed by atoms with Crippen LogP contribution in [-0.2, 0) is 88.3 Å². The molecule has 1 aromatic heterocycles. The Bertz CT molecular complexity index is 4790. The smallest absolute Gasteiger partial charge is 0.320 e. The van der Waals surface area contributed by atoms with Gasteiger partial charge in [0.2, 0.25) is 69.1 Å². The minimum atomic E-state index is -2.85. The van der Waals surface area contributed by atoms with Crippen LogP contribution < -0.4 is 4.90 Å². The zero-order chi connectivity index (χ0) is 109. The van der Waals surface area contributed by atoms with Gasteiger partial charge in [0, 0.05) is 206 Å². The van der Waals surface area contributed by atoms with E-state index in [4.69, 9.17) is 4.74 Å². The summed E-state index contributed by atoms with van der Waals surface area (Å²) in [4.78, 5) is 212. The molecule has 17 rings (SSSR count). The molecule has 2 aromatic carbocycles. The molecule has 14 aliphatic rings. The summed E-state index contributed by atoms with van der Waals surface area (Å²) in [6, 6.07) is 22.8. The predicted octanol–water partition coefficient (Wildman–Crippen LogP) is 15.1. The number of sulfonamides is 1. The number of likely N-dealkylation sites (N-methyl/N-ethyl adjacent to an activating group) is 1. The Balaban J connectivity index is 0.000000276. The molecule has 0 radical (unpaired) electrons. The van der Waals surface area contributed by atoms with E-state index in [1.54, 1.807) is 47.3 Å². The zero-order valence-electron chi connectivity index (χ0n) is 91.7. The van der Waals surface area contributed by atoms with Gasteiger partial charge in [-0.25, -0.2) is 13.2 Å². The molecule has 3 atom stereocenters. The van der Waals surface area contributed by atoms with Crippen molar-refractivity contribution >= 4 is 116 Å². The highest BCUT2D eigenvalue weighted by molar-refractivity contribution is 7.89. The molecule has 144 heavy (non-hydrogen) atoms. The number of ether oxygens (including phenoxy) is 1. The maximum absolute atomic E-state index is 11.9. The number of fused-ring (bicyclic) bond motifs is 3. The van der Waals surface area contributed by atoms with E-state index >= 15 is 0 Å². The summed E-state index contributed by atoms with van der Waals surface area (Å²) < 4.78 is 30.7. The second-order valence-electron chi connectivity index (χ2n) is 42.5. The van der Waals surface area contributed by atoms with Crippen LogP contribution in [0.25, 0.3) is 0 Å². The summed E-state index contributed by atoms with van der Waals surface area (Å²) in [6.07, 6.45) is 24.7. The lowest BCUT2D eigenvalue weighted by Gasteiger charge is -2.38. The van der Waals surface area contributed by atoms with Crippen LogP contribution in [0.1, 0.15) is 348 Å². The number of para-hydroxylation sites is 1. The molecule has 18 amide bonds. The minimum Gasteiger partial charge on any atom is -0.369 e. The van der Waals surface area contributed by atoms with Gasteiger partial charge in [0.25, 0.3) is 35.4 Å². The van der Waals surface area contributed by atoms with Crippen LogP contribution >= 0.6 is 0 Å². The molecule has 34 nitrogen and oxygen atoms in total. The Morgan fingerprint density at radius 3 is 1.06 bits per heavy atom. The van der Waals surface area contributed by atoms with Gasteiger partial charge in [-0.2, -0.15) is 4.31 Å². The van der Waals surface area contributed by atoms with Gasteiger partial charge in [-0.05, 0) is 286 Å². The van der Waals surface area contributed by atoms with Gasteiger partial charge >= 0.3 is 6.03 Å². The van der Waals surface area contributed by atoms with Crippen molar-refractivity contribution in [1.29, 1.82) is 0 Å². The number of anilines is 1. The number of morpholine rings is 1. The number of aromatic nitrogens is 1. The fraction of sp³-hybridized carbons (Fsp3) is 0.679. The Morgan fingerprint density at radius 1 is 0.333 bits per heavy atom. The molecule has 9 saturated heterocycles. The number of carbonyl (C=O) groups excluding carboxylic acids is 17. The predicted molar refractivity (Wildman–Crippen MR) is 557 cm³/mol. The average Bonchev–Trinajstić information content (AvgIpc) is 1.62. The molecular formula is C109H172N14O20S. The lowest BCUT2D eigenvalue weighted by Crippen LogP contribution is -2.50. The molecule has 804 valence electrons. The summed E-state index contributed by atoms with van der Waals surface area (Å²) in [5.41, 5.74) is 4.02. The van der Waals surface area contributed by atoms with E-state index < -0.39 is 10.0 Å². The second kappa shape index (κ2) is 58.0. The number of imide groups is 7. The number of likely N-dealkylation sites (tertiary alicyclic amines) is 6. The van der Waals surface area contributed by atoms with Crippen LogP contribution in [0.15, 0.2) is 85.2 Å². The van der Waals surface area contributed by atoms with Crippen LogP contribution in [-0.4, -0.2) is 309 Å².